The number of carbonyl (C=O) groups excluding carboxylic acids is 4. The Morgan fingerprint density at radius 1 is 0.938 bits per heavy atom. The fraction of sp³-hybridized carbons (Fsp3) is 0.684. The van der Waals surface area contributed by atoms with E-state index in [9.17, 15) is 33.9 Å². The molecule has 1 aliphatic heterocycles. The smallest absolute Gasteiger partial charge is 0.326 e. The van der Waals surface area contributed by atoms with Gasteiger partial charge in [-0.2, -0.15) is 0 Å². The Hall–Kier alpha value is -3.22. The maximum Gasteiger partial charge on any atom is 0.326 e. The predicted molar refractivity (Wildman–Crippen MR) is 110 cm³/mol. The van der Waals surface area contributed by atoms with Gasteiger partial charge in [0.2, 0.25) is 23.6 Å². The summed E-state index contributed by atoms with van der Waals surface area (Å²) in [6.45, 7) is 4.11. The van der Waals surface area contributed by atoms with Crippen molar-refractivity contribution in [3.63, 3.8) is 0 Å². The summed E-state index contributed by atoms with van der Waals surface area (Å²) in [4.78, 5) is 71.5. The van der Waals surface area contributed by atoms with Crippen molar-refractivity contribution in [2.75, 3.05) is 6.54 Å². The Bertz CT molecular complexity index is 735. The molecule has 1 aliphatic rings. The summed E-state index contributed by atoms with van der Waals surface area (Å²) in [7, 11) is 0. The standard InChI is InChI=1S/C19H31N5O8/c1-9(2)6-13(19(31)32)24-17(29)11(7-14(20)25)22-18(30)12(8-15(26)27)23-16(28)10-4-3-5-21-10/h9-13,21H,3-8H2,1-2H3,(H2,20,25)(H,22,30)(H,23,28)(H,24,29)(H,26,27)(H,31,32)/t10-,11-,12-,13-/m0/s1. The number of hydrogen-bond acceptors (Lipinski definition) is 7. The predicted octanol–water partition coefficient (Wildman–Crippen LogP) is -2.33. The average molecular weight is 457 g/mol. The Morgan fingerprint density at radius 2 is 1.50 bits per heavy atom. The summed E-state index contributed by atoms with van der Waals surface area (Å²) in [5, 5.41) is 28.1. The second-order valence-electron chi connectivity index (χ2n) is 8.07. The van der Waals surface area contributed by atoms with Gasteiger partial charge in [0.25, 0.3) is 0 Å². The number of rotatable bonds is 13. The summed E-state index contributed by atoms with van der Waals surface area (Å²) in [6, 6.07) is -4.91. The lowest BCUT2D eigenvalue weighted by Gasteiger charge is -2.24. The maximum absolute atomic E-state index is 12.7. The highest BCUT2D eigenvalue weighted by molar-refractivity contribution is 5.97. The van der Waals surface area contributed by atoms with Crippen LogP contribution in [0.5, 0.6) is 0 Å². The minimum absolute atomic E-state index is 0.0695. The fourth-order valence-electron chi connectivity index (χ4n) is 3.21. The van der Waals surface area contributed by atoms with E-state index >= 15 is 0 Å². The summed E-state index contributed by atoms with van der Waals surface area (Å²) < 4.78 is 0. The van der Waals surface area contributed by atoms with Crippen molar-refractivity contribution in [1.82, 2.24) is 21.3 Å². The molecule has 13 heteroatoms. The topological polar surface area (TPSA) is 217 Å². The average Bonchev–Trinajstić information content (AvgIpc) is 3.20. The molecule has 32 heavy (non-hydrogen) atoms. The van der Waals surface area contributed by atoms with Crippen molar-refractivity contribution in [3.05, 3.63) is 0 Å². The molecule has 0 unspecified atom stereocenters. The molecular formula is C19H31N5O8. The van der Waals surface area contributed by atoms with E-state index in [0.29, 0.717) is 13.0 Å². The molecule has 4 atom stereocenters. The third-order valence-electron chi connectivity index (χ3n) is 4.75. The molecule has 1 heterocycles. The lowest BCUT2D eigenvalue weighted by molar-refractivity contribution is -0.143. The van der Waals surface area contributed by atoms with Crippen LogP contribution in [-0.2, 0) is 28.8 Å². The first-order chi connectivity index (χ1) is 14.9. The summed E-state index contributed by atoms with van der Waals surface area (Å²) >= 11 is 0. The van der Waals surface area contributed by atoms with E-state index in [1.54, 1.807) is 13.8 Å². The number of carbonyl (C=O) groups is 6. The molecule has 0 bridgehead atoms. The zero-order valence-corrected chi connectivity index (χ0v) is 18.1. The van der Waals surface area contributed by atoms with Gasteiger partial charge in [-0.25, -0.2) is 4.79 Å². The molecule has 0 spiro atoms. The van der Waals surface area contributed by atoms with Crippen molar-refractivity contribution in [2.24, 2.45) is 11.7 Å². The summed E-state index contributed by atoms with van der Waals surface area (Å²) in [6.07, 6.45) is -0.0452. The highest BCUT2D eigenvalue weighted by Crippen LogP contribution is 2.08. The number of carboxylic acids is 2. The second-order valence-corrected chi connectivity index (χ2v) is 8.07. The van der Waals surface area contributed by atoms with E-state index < -0.39 is 72.6 Å². The van der Waals surface area contributed by atoms with Gasteiger partial charge in [-0.3, -0.25) is 24.0 Å². The second kappa shape index (κ2) is 12.6. The van der Waals surface area contributed by atoms with Crippen molar-refractivity contribution in [1.29, 1.82) is 0 Å². The van der Waals surface area contributed by atoms with Crippen LogP contribution in [0.4, 0.5) is 0 Å². The minimum Gasteiger partial charge on any atom is -0.481 e. The van der Waals surface area contributed by atoms with Gasteiger partial charge in [-0.15, -0.1) is 0 Å². The zero-order valence-electron chi connectivity index (χ0n) is 18.1. The van der Waals surface area contributed by atoms with E-state index in [0.717, 1.165) is 6.42 Å². The van der Waals surface area contributed by atoms with E-state index in [4.69, 9.17) is 10.8 Å². The normalized spacial score (nSPS) is 18.3. The lowest BCUT2D eigenvalue weighted by atomic mass is 10.0. The first-order valence-electron chi connectivity index (χ1n) is 10.3. The third kappa shape index (κ3) is 9.29. The van der Waals surface area contributed by atoms with Gasteiger partial charge in [-0.1, -0.05) is 13.8 Å². The van der Waals surface area contributed by atoms with Crippen molar-refractivity contribution < 1.29 is 39.0 Å². The Morgan fingerprint density at radius 3 is 1.94 bits per heavy atom. The minimum atomic E-state index is -1.55. The number of nitrogens with two attached hydrogens (primary N) is 1. The highest BCUT2D eigenvalue weighted by atomic mass is 16.4. The Labute approximate surface area is 184 Å². The van der Waals surface area contributed by atoms with E-state index in [1.807, 2.05) is 0 Å². The van der Waals surface area contributed by atoms with Crippen molar-refractivity contribution >= 4 is 35.6 Å². The van der Waals surface area contributed by atoms with Gasteiger partial charge < -0.3 is 37.2 Å². The van der Waals surface area contributed by atoms with Crippen molar-refractivity contribution in [3.8, 4) is 0 Å². The van der Waals surface area contributed by atoms with Gasteiger partial charge in [-0.05, 0) is 31.7 Å². The summed E-state index contributed by atoms with van der Waals surface area (Å²) in [5.74, 6) is -6.24. The molecule has 0 aromatic rings. The van der Waals surface area contributed by atoms with Gasteiger partial charge in [0, 0.05) is 0 Å². The number of nitrogens with one attached hydrogen (secondary N) is 4. The number of primary amides is 1. The third-order valence-corrected chi connectivity index (χ3v) is 4.75. The molecule has 4 amide bonds. The largest absolute Gasteiger partial charge is 0.481 e. The van der Waals surface area contributed by atoms with Gasteiger partial charge in [0.1, 0.15) is 18.1 Å². The van der Waals surface area contributed by atoms with Crippen LogP contribution in [0.15, 0.2) is 0 Å². The molecule has 0 aliphatic carbocycles. The molecule has 0 aromatic heterocycles. The summed E-state index contributed by atoms with van der Waals surface area (Å²) in [5.41, 5.74) is 5.14. The van der Waals surface area contributed by atoms with Gasteiger partial charge >= 0.3 is 11.9 Å². The van der Waals surface area contributed by atoms with Crippen LogP contribution in [0.1, 0.15) is 46.0 Å². The Kier molecular flexibility index (Phi) is 10.5. The molecule has 1 saturated heterocycles. The molecular weight excluding hydrogens is 426 g/mol. The van der Waals surface area contributed by atoms with Gasteiger partial charge in [0.05, 0.1) is 18.9 Å². The molecule has 0 saturated carbocycles. The van der Waals surface area contributed by atoms with Crippen LogP contribution in [0.2, 0.25) is 0 Å². The van der Waals surface area contributed by atoms with Crippen LogP contribution < -0.4 is 27.0 Å². The molecule has 0 aromatic carbocycles. The lowest BCUT2D eigenvalue weighted by Crippen LogP contribution is -2.58. The maximum atomic E-state index is 12.7. The monoisotopic (exact) mass is 457 g/mol. The number of aliphatic carboxylic acids is 2. The van der Waals surface area contributed by atoms with E-state index in [1.165, 1.54) is 0 Å². The van der Waals surface area contributed by atoms with Gasteiger partial charge in [0.15, 0.2) is 0 Å². The van der Waals surface area contributed by atoms with E-state index in [-0.39, 0.29) is 12.3 Å². The Balaban J connectivity index is 2.94. The van der Waals surface area contributed by atoms with Crippen LogP contribution in [-0.4, -0.2) is 76.5 Å². The fourth-order valence-corrected chi connectivity index (χ4v) is 3.21. The molecule has 1 rings (SSSR count). The first kappa shape index (κ1) is 26.8. The first-order valence-corrected chi connectivity index (χ1v) is 10.3. The quantitative estimate of drug-likeness (QED) is 0.158. The molecule has 0 radical (unpaired) electrons. The van der Waals surface area contributed by atoms with Crippen LogP contribution in [0.3, 0.4) is 0 Å². The molecule has 180 valence electrons. The number of hydrogen-bond donors (Lipinski definition) is 7. The molecule has 1 fully saturated rings. The molecule has 13 nitrogen and oxygen atoms in total. The zero-order chi connectivity index (χ0) is 24.4. The van der Waals surface area contributed by atoms with Crippen LogP contribution in [0.25, 0.3) is 0 Å². The molecule has 8 N–H and O–H groups in total. The van der Waals surface area contributed by atoms with Crippen LogP contribution in [0, 0.1) is 5.92 Å². The van der Waals surface area contributed by atoms with Crippen molar-refractivity contribution in [2.45, 2.75) is 70.1 Å². The van der Waals surface area contributed by atoms with Crippen LogP contribution >= 0.6 is 0 Å². The number of carboxylic acid groups (broad SMARTS) is 2. The highest BCUT2D eigenvalue weighted by Gasteiger charge is 2.33. The SMILES string of the molecule is CC(C)C[C@H](NC(=O)[C@H](CC(N)=O)NC(=O)[C@H](CC(=O)O)NC(=O)[C@@H]1CCCN1)C(=O)O. The van der Waals surface area contributed by atoms with E-state index in [2.05, 4.69) is 21.3 Å². The number of amides is 4.